The van der Waals surface area contributed by atoms with Crippen LogP contribution in [0.15, 0.2) is 53.6 Å². The number of hydrogen-bond acceptors (Lipinski definition) is 4. The molecule has 1 aliphatic carbocycles. The summed E-state index contributed by atoms with van der Waals surface area (Å²) in [6, 6.07) is 9.84. The molecule has 6 nitrogen and oxygen atoms in total. The largest absolute Gasteiger partial charge is 0.433 e. The smallest absolute Gasteiger partial charge is 0.358 e. The molecule has 2 atom stereocenters. The Kier molecular flexibility index (Phi) is 6.49. The van der Waals surface area contributed by atoms with E-state index in [1.807, 2.05) is 0 Å². The molecule has 2 aromatic carbocycles. The topological polar surface area (TPSA) is 102 Å². The van der Waals surface area contributed by atoms with Gasteiger partial charge in [0, 0.05) is 34.6 Å². The van der Waals surface area contributed by atoms with Gasteiger partial charge >= 0.3 is 6.18 Å². The number of halogens is 5. The maximum Gasteiger partial charge on any atom is 0.433 e. The van der Waals surface area contributed by atoms with Crippen LogP contribution in [0.25, 0.3) is 10.9 Å². The van der Waals surface area contributed by atoms with Gasteiger partial charge in [0.25, 0.3) is 0 Å². The second-order valence-electron chi connectivity index (χ2n) is 9.11. The second kappa shape index (κ2) is 9.38. The zero-order valence-corrected chi connectivity index (χ0v) is 20.8. The minimum absolute atomic E-state index is 0.0387. The number of nitrogens with two attached hydrogens (primary N) is 1. The average Bonchev–Trinajstić information content (AvgIpc) is 3.15. The number of aryl methyl sites for hydroxylation is 1. The molecular weight excluding hydrogens is 532 g/mol. The van der Waals surface area contributed by atoms with Crippen molar-refractivity contribution in [3.63, 3.8) is 0 Å². The molecule has 12 heteroatoms. The number of aromatic nitrogens is 3. The van der Waals surface area contributed by atoms with E-state index >= 15 is 0 Å². The van der Waals surface area contributed by atoms with Gasteiger partial charge in [-0.15, -0.1) is 0 Å². The third-order valence-corrected chi connectivity index (χ3v) is 8.03. The lowest BCUT2D eigenvalue weighted by atomic mass is 9.80. The molecule has 2 unspecified atom stereocenters. The number of aromatic amines is 1. The van der Waals surface area contributed by atoms with E-state index in [1.54, 1.807) is 18.2 Å². The Bertz CT molecular complexity index is 1590. The molecule has 0 bridgehead atoms. The van der Waals surface area contributed by atoms with Crippen LogP contribution >= 0.6 is 11.6 Å². The van der Waals surface area contributed by atoms with E-state index in [0.29, 0.717) is 31.2 Å². The van der Waals surface area contributed by atoms with Crippen LogP contribution in [0.2, 0.25) is 5.02 Å². The van der Waals surface area contributed by atoms with Crippen LogP contribution in [0.1, 0.15) is 59.4 Å². The number of nitrogens with zero attached hydrogens (tertiary/aromatic N) is 2. The molecule has 0 saturated heterocycles. The summed E-state index contributed by atoms with van der Waals surface area (Å²) >= 11 is 6.07. The van der Waals surface area contributed by atoms with E-state index in [1.165, 1.54) is 18.2 Å². The minimum atomic E-state index is -4.59. The van der Waals surface area contributed by atoms with Gasteiger partial charge in [0.1, 0.15) is 17.3 Å². The fourth-order valence-electron chi connectivity index (χ4n) is 5.02. The second-order valence-corrected chi connectivity index (χ2v) is 11.1. The number of alkyl halides is 3. The summed E-state index contributed by atoms with van der Waals surface area (Å²) in [7, 11) is -3.89. The molecule has 0 amide bonds. The Morgan fingerprint density at radius 2 is 1.78 bits per heavy atom. The van der Waals surface area contributed by atoms with E-state index in [9.17, 15) is 26.0 Å². The zero-order chi connectivity index (χ0) is 26.5. The van der Waals surface area contributed by atoms with Crippen molar-refractivity contribution < 1.29 is 26.0 Å². The Hall–Kier alpha value is -3.02. The van der Waals surface area contributed by atoms with Crippen LogP contribution in [-0.2, 0) is 22.6 Å². The first kappa shape index (κ1) is 25.6. The minimum Gasteiger partial charge on any atom is -0.358 e. The van der Waals surface area contributed by atoms with Crippen molar-refractivity contribution in [2.45, 2.75) is 48.6 Å². The molecule has 0 spiro atoms. The number of fused-ring (bicyclic) bond motifs is 3. The highest BCUT2D eigenvalue weighted by Gasteiger charge is 2.34. The SMILES string of the molecule is NS(=O)(=O)c1ccc(C2CCC(c3nccc(C(F)(F)F)n3)CCc3c2[nH]c2cc(F)c(Cl)cc32)cc1. The van der Waals surface area contributed by atoms with E-state index in [2.05, 4.69) is 15.0 Å². The van der Waals surface area contributed by atoms with Crippen molar-refractivity contribution in [3.05, 3.63) is 87.8 Å². The first-order valence-electron chi connectivity index (χ1n) is 11.4. The molecule has 5 rings (SSSR count). The van der Waals surface area contributed by atoms with Crippen LogP contribution in [0.4, 0.5) is 17.6 Å². The van der Waals surface area contributed by atoms with Gasteiger partial charge < -0.3 is 4.98 Å². The molecular formula is C25H21ClF4N4O2S. The number of nitrogens with one attached hydrogen (secondary N) is 1. The molecule has 0 radical (unpaired) electrons. The summed E-state index contributed by atoms with van der Waals surface area (Å²) in [4.78, 5) is 11.2. The first-order chi connectivity index (χ1) is 17.4. The van der Waals surface area contributed by atoms with Crippen molar-refractivity contribution in [2.24, 2.45) is 5.14 Å². The molecule has 194 valence electrons. The highest BCUT2D eigenvalue weighted by Crippen LogP contribution is 2.42. The Balaban J connectivity index is 1.60. The van der Waals surface area contributed by atoms with Crippen molar-refractivity contribution >= 4 is 32.5 Å². The number of primary sulfonamides is 1. The lowest BCUT2D eigenvalue weighted by molar-refractivity contribution is -0.141. The monoisotopic (exact) mass is 552 g/mol. The number of hydrogen-bond donors (Lipinski definition) is 2. The normalized spacial score (nSPS) is 18.9. The zero-order valence-electron chi connectivity index (χ0n) is 19.2. The van der Waals surface area contributed by atoms with Gasteiger partial charge in [-0.3, -0.25) is 0 Å². The standard InChI is InChI=1S/C25H21ClF4N4O2S/c26-19-11-18-17-8-4-14(24-32-10-9-22(34-24)25(28,29)30)3-7-16(23(17)33-21(18)12-20(19)27)13-1-5-15(6-2-13)37(31,35)36/h1-2,5-6,9-12,14,16,33H,3-4,7-8H2,(H2,31,35,36). The van der Waals surface area contributed by atoms with Crippen LogP contribution in [0, 0.1) is 5.82 Å². The lowest BCUT2D eigenvalue weighted by Gasteiger charge is -2.26. The Labute approximate surface area is 214 Å². The van der Waals surface area contributed by atoms with Crippen molar-refractivity contribution in [1.82, 2.24) is 15.0 Å². The third-order valence-electron chi connectivity index (χ3n) is 6.82. The van der Waals surface area contributed by atoms with Crippen molar-refractivity contribution in [1.29, 1.82) is 0 Å². The van der Waals surface area contributed by atoms with Gasteiger partial charge in [0.2, 0.25) is 10.0 Å². The van der Waals surface area contributed by atoms with E-state index in [-0.39, 0.29) is 27.6 Å². The predicted molar refractivity (Wildman–Crippen MR) is 130 cm³/mol. The van der Waals surface area contributed by atoms with Crippen molar-refractivity contribution in [3.8, 4) is 0 Å². The highest BCUT2D eigenvalue weighted by molar-refractivity contribution is 7.89. The van der Waals surface area contributed by atoms with E-state index in [4.69, 9.17) is 16.7 Å². The van der Waals surface area contributed by atoms with Crippen LogP contribution in [0.3, 0.4) is 0 Å². The Morgan fingerprint density at radius 3 is 2.46 bits per heavy atom. The fourth-order valence-corrected chi connectivity index (χ4v) is 5.70. The maximum absolute atomic E-state index is 14.2. The van der Waals surface area contributed by atoms with E-state index in [0.717, 1.165) is 34.5 Å². The summed E-state index contributed by atoms with van der Waals surface area (Å²) < 4.78 is 77.6. The van der Waals surface area contributed by atoms with Crippen LogP contribution in [-0.4, -0.2) is 23.4 Å². The lowest BCUT2D eigenvalue weighted by Crippen LogP contribution is -2.17. The van der Waals surface area contributed by atoms with E-state index < -0.39 is 27.7 Å². The number of rotatable bonds is 3. The summed E-state index contributed by atoms with van der Waals surface area (Å²) in [6.45, 7) is 0. The molecule has 3 N–H and O–H groups in total. The molecule has 0 fully saturated rings. The molecule has 0 aliphatic heterocycles. The number of H-pyrrole nitrogens is 1. The quantitative estimate of drug-likeness (QED) is 0.302. The van der Waals surface area contributed by atoms with Gasteiger partial charge in [-0.05, 0) is 67.1 Å². The van der Waals surface area contributed by atoms with Crippen LogP contribution in [0.5, 0.6) is 0 Å². The summed E-state index contributed by atoms with van der Waals surface area (Å²) in [6.07, 6.45) is -1.55. The fraction of sp³-hybridized carbons (Fsp3) is 0.280. The first-order valence-corrected chi connectivity index (χ1v) is 13.4. The van der Waals surface area contributed by atoms with Gasteiger partial charge in [0.05, 0.1) is 9.92 Å². The van der Waals surface area contributed by atoms with Crippen molar-refractivity contribution in [2.75, 3.05) is 0 Å². The molecule has 37 heavy (non-hydrogen) atoms. The van der Waals surface area contributed by atoms with Gasteiger partial charge in [-0.25, -0.2) is 27.9 Å². The number of sulfonamides is 1. The molecule has 1 aliphatic rings. The third kappa shape index (κ3) is 5.07. The Morgan fingerprint density at radius 1 is 1.05 bits per heavy atom. The molecule has 0 saturated carbocycles. The molecule has 2 heterocycles. The van der Waals surface area contributed by atoms with Gasteiger partial charge in [0.15, 0.2) is 0 Å². The average molecular weight is 553 g/mol. The number of benzene rings is 2. The molecule has 4 aromatic rings. The summed E-state index contributed by atoms with van der Waals surface area (Å²) in [5.41, 5.74) is 2.02. The summed E-state index contributed by atoms with van der Waals surface area (Å²) in [5, 5.41) is 5.92. The highest BCUT2D eigenvalue weighted by atomic mass is 35.5. The molecule has 2 aromatic heterocycles. The van der Waals surface area contributed by atoms with Crippen LogP contribution < -0.4 is 5.14 Å². The summed E-state index contributed by atoms with van der Waals surface area (Å²) in [5.74, 6) is -1.10. The van der Waals surface area contributed by atoms with Gasteiger partial charge in [-0.1, -0.05) is 23.7 Å². The van der Waals surface area contributed by atoms with Gasteiger partial charge in [-0.2, -0.15) is 13.2 Å². The predicted octanol–water partition coefficient (Wildman–Crippen LogP) is 6.06. The maximum atomic E-state index is 14.2.